The van der Waals surface area contributed by atoms with Crippen LogP contribution in [0.25, 0.3) is 0 Å². The number of ketones is 1. The Morgan fingerprint density at radius 1 is 1.18 bits per heavy atom. The first-order valence-electron chi connectivity index (χ1n) is 6.20. The molecule has 0 aromatic heterocycles. The third-order valence-electron chi connectivity index (χ3n) is 2.86. The number of hydrogen-bond acceptors (Lipinski definition) is 5. The molecule has 0 aliphatic carbocycles. The van der Waals surface area contributed by atoms with Crippen molar-refractivity contribution in [2.75, 3.05) is 46.4 Å². The van der Waals surface area contributed by atoms with Crippen molar-refractivity contribution in [2.24, 2.45) is 0 Å². The van der Waals surface area contributed by atoms with E-state index in [0.717, 1.165) is 32.6 Å². The summed E-state index contributed by atoms with van der Waals surface area (Å²) in [5.41, 5.74) is 0. The molecule has 0 aromatic rings. The molecule has 5 nitrogen and oxygen atoms in total. The van der Waals surface area contributed by atoms with Crippen molar-refractivity contribution >= 4 is 11.8 Å². The largest absolute Gasteiger partial charge is 0.466 e. The molecule has 0 atom stereocenters. The van der Waals surface area contributed by atoms with Crippen molar-refractivity contribution in [3.05, 3.63) is 0 Å². The highest BCUT2D eigenvalue weighted by molar-refractivity contribution is 5.96. The molecule has 1 heterocycles. The van der Waals surface area contributed by atoms with Crippen LogP contribution < -0.4 is 0 Å². The van der Waals surface area contributed by atoms with Gasteiger partial charge in [-0.25, -0.2) is 0 Å². The van der Waals surface area contributed by atoms with Gasteiger partial charge in [0.15, 0.2) is 5.78 Å². The number of carbonyl (C=O) groups excluding carboxylic acids is 2. The normalized spacial score (nSPS) is 18.7. The Bertz CT molecular complexity index is 268. The van der Waals surface area contributed by atoms with Crippen molar-refractivity contribution < 1.29 is 14.3 Å². The number of nitrogens with zero attached hydrogens (tertiary/aromatic N) is 2. The van der Waals surface area contributed by atoms with Crippen LogP contribution in [-0.2, 0) is 14.3 Å². The van der Waals surface area contributed by atoms with Gasteiger partial charge in [-0.15, -0.1) is 0 Å². The predicted molar refractivity (Wildman–Crippen MR) is 64.8 cm³/mol. The summed E-state index contributed by atoms with van der Waals surface area (Å²) < 4.78 is 4.76. The number of Topliss-reactive ketones (excluding diaryl/α,β-unsaturated/α-hetero) is 1. The van der Waals surface area contributed by atoms with Gasteiger partial charge in [0.25, 0.3) is 0 Å². The van der Waals surface area contributed by atoms with Crippen molar-refractivity contribution in [1.29, 1.82) is 0 Å². The lowest BCUT2D eigenvalue weighted by Crippen LogP contribution is -2.34. The molecule has 0 N–H and O–H groups in total. The Kier molecular flexibility index (Phi) is 6.15. The number of likely N-dealkylation sites (N-methyl/N-ethyl adjacent to an activating group) is 1. The van der Waals surface area contributed by atoms with E-state index in [2.05, 4.69) is 16.8 Å². The van der Waals surface area contributed by atoms with Gasteiger partial charge in [0, 0.05) is 13.1 Å². The maximum absolute atomic E-state index is 11.6. The van der Waals surface area contributed by atoms with Crippen LogP contribution in [-0.4, -0.2) is 67.9 Å². The van der Waals surface area contributed by atoms with Crippen LogP contribution in [0.1, 0.15) is 19.8 Å². The molecule has 1 rings (SSSR count). The lowest BCUT2D eigenvalue weighted by Gasteiger charge is -2.18. The average Bonchev–Trinajstić information content (AvgIpc) is 2.44. The highest BCUT2D eigenvalue weighted by Gasteiger charge is 2.17. The highest BCUT2D eigenvalue weighted by Crippen LogP contribution is 2.02. The minimum Gasteiger partial charge on any atom is -0.466 e. The van der Waals surface area contributed by atoms with E-state index in [4.69, 9.17) is 4.74 Å². The summed E-state index contributed by atoms with van der Waals surface area (Å²) in [4.78, 5) is 27.2. The second-order valence-corrected chi connectivity index (χ2v) is 4.45. The van der Waals surface area contributed by atoms with Gasteiger partial charge in [0.05, 0.1) is 13.2 Å². The Balaban J connectivity index is 2.27. The molecule has 1 aliphatic heterocycles. The Morgan fingerprint density at radius 2 is 1.94 bits per heavy atom. The summed E-state index contributed by atoms with van der Waals surface area (Å²) in [6.07, 6.45) is 0.976. The first kappa shape index (κ1) is 14.1. The summed E-state index contributed by atoms with van der Waals surface area (Å²) in [6.45, 7) is 6.32. The molecular weight excluding hydrogens is 220 g/mol. The van der Waals surface area contributed by atoms with E-state index < -0.39 is 5.97 Å². The lowest BCUT2D eigenvalue weighted by molar-refractivity contribution is -0.145. The van der Waals surface area contributed by atoms with Crippen LogP contribution >= 0.6 is 0 Å². The monoisotopic (exact) mass is 242 g/mol. The van der Waals surface area contributed by atoms with E-state index in [0.29, 0.717) is 13.2 Å². The quantitative estimate of drug-likeness (QED) is 0.507. The fraction of sp³-hybridized carbons (Fsp3) is 0.833. The van der Waals surface area contributed by atoms with E-state index in [-0.39, 0.29) is 12.2 Å². The molecule has 0 aromatic carbocycles. The third kappa shape index (κ3) is 5.79. The van der Waals surface area contributed by atoms with E-state index in [1.165, 1.54) is 0 Å². The van der Waals surface area contributed by atoms with Crippen molar-refractivity contribution in [1.82, 2.24) is 9.80 Å². The fourth-order valence-electron chi connectivity index (χ4n) is 1.94. The highest BCUT2D eigenvalue weighted by atomic mass is 16.5. The van der Waals surface area contributed by atoms with Gasteiger partial charge < -0.3 is 9.64 Å². The van der Waals surface area contributed by atoms with Gasteiger partial charge in [-0.2, -0.15) is 0 Å². The van der Waals surface area contributed by atoms with Crippen molar-refractivity contribution in [3.63, 3.8) is 0 Å². The molecule has 98 valence electrons. The summed E-state index contributed by atoms with van der Waals surface area (Å²) >= 11 is 0. The zero-order chi connectivity index (χ0) is 12.7. The zero-order valence-electron chi connectivity index (χ0n) is 10.8. The summed E-state index contributed by atoms with van der Waals surface area (Å²) in [5, 5.41) is 0. The van der Waals surface area contributed by atoms with E-state index >= 15 is 0 Å². The van der Waals surface area contributed by atoms with Crippen LogP contribution in [0.3, 0.4) is 0 Å². The lowest BCUT2D eigenvalue weighted by atomic mass is 10.2. The second kappa shape index (κ2) is 7.40. The number of ether oxygens (including phenoxy) is 1. The maximum Gasteiger partial charge on any atom is 0.313 e. The van der Waals surface area contributed by atoms with Gasteiger partial charge in [0.1, 0.15) is 6.42 Å². The number of rotatable bonds is 5. The molecular formula is C12H22N2O3. The van der Waals surface area contributed by atoms with Crippen LogP contribution in [0.5, 0.6) is 0 Å². The van der Waals surface area contributed by atoms with Crippen molar-refractivity contribution in [2.45, 2.75) is 19.8 Å². The van der Waals surface area contributed by atoms with Crippen LogP contribution in [0.4, 0.5) is 0 Å². The molecule has 0 saturated carbocycles. The molecule has 0 bridgehead atoms. The number of hydrogen-bond donors (Lipinski definition) is 0. The third-order valence-corrected chi connectivity index (χ3v) is 2.86. The molecule has 5 heteroatoms. The van der Waals surface area contributed by atoms with Crippen molar-refractivity contribution in [3.8, 4) is 0 Å². The second-order valence-electron chi connectivity index (χ2n) is 4.45. The molecule has 0 radical (unpaired) electrons. The number of carbonyl (C=O) groups is 2. The summed E-state index contributed by atoms with van der Waals surface area (Å²) in [7, 11) is 2.09. The van der Waals surface area contributed by atoms with E-state index in [1.807, 2.05) is 0 Å². The minimum absolute atomic E-state index is 0.0481. The Labute approximate surface area is 103 Å². The topological polar surface area (TPSA) is 49.9 Å². The molecule has 0 spiro atoms. The minimum atomic E-state index is -0.413. The zero-order valence-corrected chi connectivity index (χ0v) is 10.8. The first-order valence-corrected chi connectivity index (χ1v) is 6.20. The molecule has 1 saturated heterocycles. The van der Waals surface area contributed by atoms with Crippen LogP contribution in [0.15, 0.2) is 0 Å². The van der Waals surface area contributed by atoms with Gasteiger partial charge in [-0.05, 0) is 33.5 Å². The molecule has 0 amide bonds. The summed E-state index contributed by atoms with van der Waals surface area (Å²) in [5.74, 6) is -0.461. The van der Waals surface area contributed by atoms with E-state index in [1.54, 1.807) is 6.92 Å². The average molecular weight is 242 g/mol. The van der Waals surface area contributed by atoms with Gasteiger partial charge >= 0.3 is 5.97 Å². The molecule has 0 unspecified atom stereocenters. The molecule has 17 heavy (non-hydrogen) atoms. The smallest absolute Gasteiger partial charge is 0.313 e. The fourth-order valence-corrected chi connectivity index (χ4v) is 1.94. The Hall–Kier alpha value is -0.940. The standard InChI is InChI=1S/C12H22N2O3/c1-3-17-12(16)9-11(15)10-14-6-4-5-13(2)7-8-14/h3-10H2,1-2H3. The van der Waals surface area contributed by atoms with E-state index in [9.17, 15) is 9.59 Å². The SMILES string of the molecule is CCOC(=O)CC(=O)CN1CCCN(C)CC1. The first-order chi connectivity index (χ1) is 8.11. The van der Waals surface area contributed by atoms with Crippen LogP contribution in [0.2, 0.25) is 0 Å². The van der Waals surface area contributed by atoms with Gasteiger partial charge in [-0.3, -0.25) is 14.5 Å². The van der Waals surface area contributed by atoms with Crippen LogP contribution in [0, 0.1) is 0 Å². The predicted octanol–water partition coefficient (Wildman–Crippen LogP) is 0.146. The Morgan fingerprint density at radius 3 is 2.65 bits per heavy atom. The van der Waals surface area contributed by atoms with Gasteiger partial charge in [0.2, 0.25) is 0 Å². The number of esters is 1. The molecule has 1 fully saturated rings. The summed E-state index contributed by atoms with van der Waals surface area (Å²) in [6, 6.07) is 0. The maximum atomic E-state index is 11.6. The van der Waals surface area contributed by atoms with Gasteiger partial charge in [-0.1, -0.05) is 0 Å². The molecule has 1 aliphatic rings.